The van der Waals surface area contributed by atoms with E-state index in [1.807, 2.05) is 44.2 Å². The largest absolute Gasteiger partial charge is 0.445 e. The maximum Gasteiger partial charge on any atom is 0.408 e. The van der Waals surface area contributed by atoms with E-state index in [1.165, 1.54) is 4.90 Å². The molecule has 1 saturated heterocycles. The summed E-state index contributed by atoms with van der Waals surface area (Å²) in [7, 11) is 0. The lowest BCUT2D eigenvalue weighted by molar-refractivity contribution is -0.142. The predicted molar refractivity (Wildman–Crippen MR) is 152 cm³/mol. The lowest BCUT2D eigenvalue weighted by Crippen LogP contribution is -2.57. The molecule has 0 radical (unpaired) electrons. The summed E-state index contributed by atoms with van der Waals surface area (Å²) < 4.78 is 5.29. The zero-order chi connectivity index (χ0) is 30.4. The second-order valence-electron chi connectivity index (χ2n) is 10.3. The van der Waals surface area contributed by atoms with E-state index in [-0.39, 0.29) is 38.0 Å². The van der Waals surface area contributed by atoms with Gasteiger partial charge in [-0.25, -0.2) is 4.79 Å². The minimum absolute atomic E-state index is 0.0305. The number of primary amides is 1. The Morgan fingerprint density at radius 3 is 2.39 bits per heavy atom. The molecule has 1 aliphatic rings. The number of likely N-dealkylation sites (tertiary alicyclic amines) is 1. The van der Waals surface area contributed by atoms with Crippen LogP contribution >= 0.6 is 0 Å². The number of hydrogen-bond acceptors (Lipinski definition) is 7. The van der Waals surface area contributed by atoms with Crippen LogP contribution in [0.2, 0.25) is 0 Å². The van der Waals surface area contributed by atoms with Crippen LogP contribution in [0.25, 0.3) is 0 Å². The van der Waals surface area contributed by atoms with Gasteiger partial charge >= 0.3 is 6.09 Å². The minimum Gasteiger partial charge on any atom is -0.445 e. The van der Waals surface area contributed by atoms with Gasteiger partial charge in [0, 0.05) is 13.1 Å². The van der Waals surface area contributed by atoms with Crippen LogP contribution in [0.1, 0.15) is 51.5 Å². The van der Waals surface area contributed by atoms with Gasteiger partial charge in [0.1, 0.15) is 24.7 Å². The Balaban J connectivity index is 2.14. The lowest BCUT2D eigenvalue weighted by Gasteiger charge is -2.30. The van der Waals surface area contributed by atoms with Crippen molar-refractivity contribution in [2.75, 3.05) is 19.6 Å². The number of carbonyl (C=O) groups excluding carboxylic acids is 5. The monoisotopic (exact) mass is 574 g/mol. The first-order valence-corrected chi connectivity index (χ1v) is 13.7. The Kier molecular flexibility index (Phi) is 13.4. The molecule has 0 spiro atoms. The van der Waals surface area contributed by atoms with E-state index >= 15 is 0 Å². The van der Waals surface area contributed by atoms with Crippen molar-refractivity contribution in [3.05, 3.63) is 35.9 Å². The van der Waals surface area contributed by atoms with Gasteiger partial charge in [0.15, 0.2) is 5.96 Å². The molecule has 1 aliphatic heterocycles. The highest BCUT2D eigenvalue weighted by molar-refractivity contribution is 5.95. The molecule has 3 atom stereocenters. The van der Waals surface area contributed by atoms with Crippen molar-refractivity contribution in [1.82, 2.24) is 20.9 Å². The Morgan fingerprint density at radius 1 is 1.05 bits per heavy atom. The molecule has 1 fully saturated rings. The van der Waals surface area contributed by atoms with Gasteiger partial charge in [0.05, 0.1) is 6.54 Å². The Morgan fingerprint density at radius 2 is 1.76 bits per heavy atom. The number of nitrogens with one attached hydrogen (secondary N) is 3. The zero-order valence-corrected chi connectivity index (χ0v) is 23.6. The average molecular weight is 575 g/mol. The number of hydrogen-bond donors (Lipinski definition) is 6. The zero-order valence-electron chi connectivity index (χ0n) is 23.6. The minimum atomic E-state index is -1.02. The molecule has 0 aliphatic carbocycles. The number of rotatable bonds is 15. The van der Waals surface area contributed by atoms with Gasteiger partial charge < -0.3 is 42.8 Å². The standard InChI is InChI=1S/C27H42N8O6/c1-17(2)14-20(34-27(40)41-16-18-8-4-3-5-9-18)23(37)33-19(10-6-12-31-26(29)30)25(39)35-13-7-11-21(35)24(38)32-15-22(28)36/h3-5,8-9,17,19-21H,6-7,10-16H2,1-2H3,(H2,28,36)(H,32,38)(H,33,37)(H,34,40)(H4,29,30,31)/t19-,20-,21-/m0/s1. The van der Waals surface area contributed by atoms with Crippen LogP contribution in [0.5, 0.6) is 0 Å². The number of carbonyl (C=O) groups is 5. The molecule has 2 rings (SSSR count). The summed E-state index contributed by atoms with van der Waals surface area (Å²) in [6.45, 7) is 4.00. The summed E-state index contributed by atoms with van der Waals surface area (Å²) in [5, 5.41) is 7.80. The summed E-state index contributed by atoms with van der Waals surface area (Å²) in [4.78, 5) is 68.6. The van der Waals surface area contributed by atoms with Crippen LogP contribution in [0.3, 0.4) is 0 Å². The van der Waals surface area contributed by atoms with Crippen LogP contribution in [-0.4, -0.2) is 78.3 Å². The summed E-state index contributed by atoms with van der Waals surface area (Å²) >= 11 is 0. The maximum atomic E-state index is 13.6. The van der Waals surface area contributed by atoms with Gasteiger partial charge in [-0.05, 0) is 43.6 Å². The molecule has 0 saturated carbocycles. The average Bonchev–Trinajstić information content (AvgIpc) is 3.41. The Labute approximate surface area is 239 Å². The topological polar surface area (TPSA) is 224 Å². The summed E-state index contributed by atoms with van der Waals surface area (Å²) in [5.74, 6) is -2.30. The van der Waals surface area contributed by atoms with Crippen molar-refractivity contribution in [3.8, 4) is 0 Å². The third-order valence-corrected chi connectivity index (χ3v) is 6.36. The molecule has 0 unspecified atom stereocenters. The van der Waals surface area contributed by atoms with Crippen LogP contribution in [-0.2, 0) is 30.5 Å². The first-order valence-electron chi connectivity index (χ1n) is 13.7. The molecule has 226 valence electrons. The van der Waals surface area contributed by atoms with E-state index in [9.17, 15) is 24.0 Å². The number of alkyl carbamates (subject to hydrolysis) is 1. The molecule has 5 amide bonds. The van der Waals surface area contributed by atoms with E-state index < -0.39 is 47.8 Å². The normalized spacial score (nSPS) is 15.9. The van der Waals surface area contributed by atoms with Crippen molar-refractivity contribution in [2.45, 2.75) is 70.7 Å². The molecule has 14 heteroatoms. The fourth-order valence-electron chi connectivity index (χ4n) is 4.44. The predicted octanol–water partition coefficient (Wildman–Crippen LogP) is -0.542. The highest BCUT2D eigenvalue weighted by Gasteiger charge is 2.38. The maximum absolute atomic E-state index is 13.6. The van der Waals surface area contributed by atoms with E-state index in [0.29, 0.717) is 32.2 Å². The SMILES string of the molecule is CC(C)C[C@H](NC(=O)OCc1ccccc1)C(=O)N[C@@H](CCCN=C(N)N)C(=O)N1CCC[C@H]1C(=O)NCC(N)=O. The Bertz CT molecular complexity index is 1080. The van der Waals surface area contributed by atoms with Crippen molar-refractivity contribution in [2.24, 2.45) is 28.1 Å². The van der Waals surface area contributed by atoms with E-state index in [4.69, 9.17) is 21.9 Å². The molecule has 1 heterocycles. The number of amides is 5. The molecule has 1 aromatic carbocycles. The van der Waals surface area contributed by atoms with E-state index in [1.54, 1.807) is 0 Å². The van der Waals surface area contributed by atoms with E-state index in [0.717, 1.165) is 5.56 Å². The fraction of sp³-hybridized carbons (Fsp3) is 0.556. The molecule has 1 aromatic rings. The number of ether oxygens (including phenoxy) is 1. The fourth-order valence-corrected chi connectivity index (χ4v) is 4.44. The van der Waals surface area contributed by atoms with Crippen LogP contribution < -0.4 is 33.2 Å². The highest BCUT2D eigenvalue weighted by Crippen LogP contribution is 2.20. The van der Waals surface area contributed by atoms with Gasteiger partial charge in [-0.15, -0.1) is 0 Å². The van der Waals surface area contributed by atoms with Crippen molar-refractivity contribution < 1.29 is 28.7 Å². The second-order valence-corrected chi connectivity index (χ2v) is 10.3. The van der Waals surface area contributed by atoms with Gasteiger partial charge in [-0.2, -0.15) is 0 Å². The van der Waals surface area contributed by atoms with E-state index in [2.05, 4.69) is 20.9 Å². The smallest absolute Gasteiger partial charge is 0.408 e. The van der Waals surface area contributed by atoms with Crippen LogP contribution in [0, 0.1) is 5.92 Å². The number of aliphatic imine (C=N–C) groups is 1. The summed E-state index contributed by atoms with van der Waals surface area (Å²) in [6, 6.07) is 6.31. The second kappa shape index (κ2) is 16.7. The molecular formula is C27H42N8O6. The van der Waals surface area contributed by atoms with Gasteiger partial charge in [-0.1, -0.05) is 44.2 Å². The molecule has 9 N–H and O–H groups in total. The molecular weight excluding hydrogens is 532 g/mol. The third kappa shape index (κ3) is 11.7. The van der Waals surface area contributed by atoms with Crippen molar-refractivity contribution in [3.63, 3.8) is 0 Å². The molecule has 14 nitrogen and oxygen atoms in total. The quantitative estimate of drug-likeness (QED) is 0.0904. The molecule has 41 heavy (non-hydrogen) atoms. The van der Waals surface area contributed by atoms with Gasteiger partial charge in [-0.3, -0.25) is 24.2 Å². The molecule has 0 bridgehead atoms. The number of benzene rings is 1. The Hall–Kier alpha value is -4.36. The third-order valence-electron chi connectivity index (χ3n) is 6.36. The van der Waals surface area contributed by atoms with Crippen molar-refractivity contribution >= 4 is 35.7 Å². The van der Waals surface area contributed by atoms with Crippen LogP contribution in [0.15, 0.2) is 35.3 Å². The lowest BCUT2D eigenvalue weighted by atomic mass is 10.0. The highest BCUT2D eigenvalue weighted by atomic mass is 16.5. The molecule has 0 aromatic heterocycles. The number of guanidine groups is 1. The van der Waals surface area contributed by atoms with Gasteiger partial charge in [0.2, 0.25) is 23.6 Å². The van der Waals surface area contributed by atoms with Crippen LogP contribution in [0.4, 0.5) is 4.79 Å². The summed E-state index contributed by atoms with van der Waals surface area (Å²) in [5.41, 5.74) is 16.7. The van der Waals surface area contributed by atoms with Gasteiger partial charge in [0.25, 0.3) is 0 Å². The number of nitrogens with two attached hydrogens (primary N) is 3. The number of nitrogens with zero attached hydrogens (tertiary/aromatic N) is 2. The first-order chi connectivity index (χ1) is 19.5. The summed E-state index contributed by atoms with van der Waals surface area (Å²) in [6.07, 6.45) is 1.04. The van der Waals surface area contributed by atoms with Crippen molar-refractivity contribution in [1.29, 1.82) is 0 Å². The first kappa shape index (κ1) is 32.8.